The zero-order valence-corrected chi connectivity index (χ0v) is 18.7. The van der Waals surface area contributed by atoms with Crippen molar-refractivity contribution in [1.29, 1.82) is 0 Å². The number of phenols is 1. The molecule has 172 valence electrons. The topological polar surface area (TPSA) is 95.9 Å². The molecule has 1 aliphatic heterocycles. The van der Waals surface area contributed by atoms with Gasteiger partial charge in [-0.05, 0) is 36.8 Å². The molecule has 6 heteroatoms. The first kappa shape index (κ1) is 25.1. The second-order valence-corrected chi connectivity index (χ2v) is 7.87. The van der Waals surface area contributed by atoms with Crippen LogP contribution >= 0.6 is 0 Å². The van der Waals surface area contributed by atoms with Gasteiger partial charge in [-0.15, -0.1) is 0 Å². The third-order valence-corrected chi connectivity index (χ3v) is 5.25. The van der Waals surface area contributed by atoms with Crippen molar-refractivity contribution in [3.05, 3.63) is 78.1 Å². The zero-order valence-electron chi connectivity index (χ0n) is 18.7. The number of carbonyl (C=O) groups excluding carboxylic acids is 2. The van der Waals surface area contributed by atoms with Gasteiger partial charge in [0.2, 0.25) is 5.91 Å². The van der Waals surface area contributed by atoms with Gasteiger partial charge in [0.25, 0.3) is 0 Å². The van der Waals surface area contributed by atoms with E-state index >= 15 is 0 Å². The van der Waals surface area contributed by atoms with Crippen LogP contribution in [0.5, 0.6) is 5.75 Å². The molecule has 0 unspecified atom stereocenters. The summed E-state index contributed by atoms with van der Waals surface area (Å²) in [7, 11) is 0. The lowest BCUT2D eigenvalue weighted by Crippen LogP contribution is -2.28. The van der Waals surface area contributed by atoms with Gasteiger partial charge in [0.15, 0.2) is 0 Å². The van der Waals surface area contributed by atoms with Crippen molar-refractivity contribution >= 4 is 11.9 Å². The van der Waals surface area contributed by atoms with Crippen LogP contribution in [0.1, 0.15) is 55.5 Å². The van der Waals surface area contributed by atoms with Gasteiger partial charge in [0, 0.05) is 25.1 Å². The Kier molecular flexibility index (Phi) is 10.5. The Morgan fingerprint density at radius 2 is 2.06 bits per heavy atom. The number of aromatic hydroxyl groups is 1. The van der Waals surface area contributed by atoms with E-state index < -0.39 is 18.2 Å². The van der Waals surface area contributed by atoms with Gasteiger partial charge < -0.3 is 20.3 Å². The number of amides is 1. The zero-order chi connectivity index (χ0) is 23.3. The number of nitrogens with one attached hydrogen (secondary N) is 1. The fourth-order valence-corrected chi connectivity index (χ4v) is 3.34. The van der Waals surface area contributed by atoms with Crippen LogP contribution in [0.15, 0.2) is 66.9 Å². The van der Waals surface area contributed by atoms with Gasteiger partial charge in [-0.25, -0.2) is 4.79 Å². The number of fused-ring (bicyclic) bond motifs is 1. The Balaban J connectivity index is 2.11. The lowest BCUT2D eigenvalue weighted by atomic mass is 9.93. The Hall–Kier alpha value is -3.12. The fourth-order valence-electron chi connectivity index (χ4n) is 3.34. The minimum atomic E-state index is -0.656. The normalized spacial score (nSPS) is 23.5. The van der Waals surface area contributed by atoms with Gasteiger partial charge in [-0.2, -0.15) is 0 Å². The van der Waals surface area contributed by atoms with E-state index in [1.165, 1.54) is 18.3 Å². The van der Waals surface area contributed by atoms with Crippen molar-refractivity contribution in [2.24, 2.45) is 5.92 Å². The Morgan fingerprint density at radius 1 is 1.25 bits per heavy atom. The molecule has 6 nitrogen and oxygen atoms in total. The first-order chi connectivity index (χ1) is 15.4. The number of aliphatic hydroxyl groups excluding tert-OH is 1. The van der Waals surface area contributed by atoms with Gasteiger partial charge >= 0.3 is 5.97 Å². The minimum absolute atomic E-state index is 0.000482. The standard InChI is InChI=1S/C26H33NO5/c1-3-4-5-6-16-24(30)27-17-10-14-21-18-23(29)19(2)11-7-8-12-20-13-9-15-22(28)25(20)26(31)32-21/h4-10,13,15-17,19,21,23,28-29H,3,11-12,14,18H2,1-2H3,(H,27,30)/b5-4-,8-7+,16-6-,17-10+/t19-,21-,23+/m1/s1. The molecule has 0 aliphatic carbocycles. The molecular weight excluding hydrogens is 406 g/mol. The molecule has 1 amide bonds. The summed E-state index contributed by atoms with van der Waals surface area (Å²) >= 11 is 0. The van der Waals surface area contributed by atoms with Gasteiger partial charge in [-0.3, -0.25) is 4.79 Å². The summed E-state index contributed by atoms with van der Waals surface area (Å²) in [6, 6.07) is 4.95. The third kappa shape index (κ3) is 8.19. The van der Waals surface area contributed by atoms with Gasteiger partial charge in [0.1, 0.15) is 17.4 Å². The molecule has 2 rings (SSSR count). The van der Waals surface area contributed by atoms with E-state index in [-0.39, 0.29) is 29.6 Å². The molecule has 1 aliphatic rings. The molecule has 0 saturated heterocycles. The van der Waals surface area contributed by atoms with Gasteiger partial charge in [-0.1, -0.05) is 62.4 Å². The summed E-state index contributed by atoms with van der Waals surface area (Å²) in [4.78, 5) is 24.6. The molecule has 0 saturated carbocycles. The molecule has 1 heterocycles. The molecule has 3 N–H and O–H groups in total. The lowest BCUT2D eigenvalue weighted by molar-refractivity contribution is -0.115. The highest BCUT2D eigenvalue weighted by molar-refractivity contribution is 5.94. The molecule has 0 bridgehead atoms. The molecule has 3 atom stereocenters. The number of carbonyl (C=O) groups is 2. The number of ether oxygens (including phenoxy) is 1. The second kappa shape index (κ2) is 13.3. The van der Waals surface area contributed by atoms with E-state index in [0.717, 1.165) is 6.42 Å². The number of benzene rings is 1. The maximum atomic E-state index is 12.9. The molecule has 0 aromatic heterocycles. The van der Waals surface area contributed by atoms with Crippen molar-refractivity contribution in [2.45, 2.75) is 58.2 Å². The number of phenolic OH excluding ortho intramolecular Hbond substituents is 1. The average molecular weight is 440 g/mol. The average Bonchev–Trinajstić information content (AvgIpc) is 2.76. The molecule has 0 radical (unpaired) electrons. The molecule has 1 aromatic rings. The van der Waals surface area contributed by atoms with Crippen LogP contribution in [-0.4, -0.2) is 34.3 Å². The van der Waals surface area contributed by atoms with Crippen LogP contribution in [-0.2, 0) is 16.0 Å². The number of esters is 1. The van der Waals surface area contributed by atoms with Crippen LogP contribution in [0, 0.1) is 5.92 Å². The molecule has 32 heavy (non-hydrogen) atoms. The number of aliphatic hydroxyl groups is 1. The lowest BCUT2D eigenvalue weighted by Gasteiger charge is -2.24. The summed E-state index contributed by atoms with van der Waals surface area (Å²) in [5.74, 6) is -1.02. The molecular formula is C26H33NO5. The summed E-state index contributed by atoms with van der Waals surface area (Å²) < 4.78 is 5.68. The summed E-state index contributed by atoms with van der Waals surface area (Å²) in [6.45, 7) is 3.96. The Labute approximate surface area is 190 Å². The largest absolute Gasteiger partial charge is 0.507 e. The van der Waals surface area contributed by atoms with Crippen molar-refractivity contribution in [3.63, 3.8) is 0 Å². The highest BCUT2D eigenvalue weighted by atomic mass is 16.5. The first-order valence-corrected chi connectivity index (χ1v) is 11.1. The van der Waals surface area contributed by atoms with Crippen molar-refractivity contribution in [3.8, 4) is 5.75 Å². The van der Waals surface area contributed by atoms with E-state index in [2.05, 4.69) is 5.32 Å². The maximum absolute atomic E-state index is 12.9. The smallest absolute Gasteiger partial charge is 0.342 e. The Bertz CT molecular complexity index is 884. The number of allylic oxidation sites excluding steroid dienone is 5. The predicted octanol–water partition coefficient (Wildman–Crippen LogP) is 4.35. The number of cyclic esters (lactones) is 1. The van der Waals surface area contributed by atoms with Crippen molar-refractivity contribution in [2.75, 3.05) is 0 Å². The summed E-state index contributed by atoms with van der Waals surface area (Å²) in [5.41, 5.74) is 0.832. The van der Waals surface area contributed by atoms with E-state index in [4.69, 9.17) is 4.74 Å². The van der Waals surface area contributed by atoms with Crippen LogP contribution < -0.4 is 5.32 Å². The first-order valence-electron chi connectivity index (χ1n) is 11.1. The van der Waals surface area contributed by atoms with E-state index in [0.29, 0.717) is 24.8 Å². The quantitative estimate of drug-likeness (QED) is 0.265. The van der Waals surface area contributed by atoms with Crippen molar-refractivity contribution < 1.29 is 24.5 Å². The third-order valence-electron chi connectivity index (χ3n) is 5.25. The second-order valence-electron chi connectivity index (χ2n) is 7.87. The number of hydrogen-bond donors (Lipinski definition) is 3. The van der Waals surface area contributed by atoms with Crippen molar-refractivity contribution in [1.82, 2.24) is 5.32 Å². The predicted molar refractivity (Wildman–Crippen MR) is 125 cm³/mol. The number of rotatable bonds is 6. The van der Waals surface area contributed by atoms with Crippen LogP contribution in [0.3, 0.4) is 0 Å². The van der Waals surface area contributed by atoms with E-state index in [1.54, 1.807) is 30.4 Å². The highest BCUT2D eigenvalue weighted by Gasteiger charge is 2.25. The monoisotopic (exact) mass is 439 g/mol. The van der Waals surface area contributed by atoms with Crippen LogP contribution in [0.4, 0.5) is 0 Å². The summed E-state index contributed by atoms with van der Waals surface area (Å²) in [6.07, 6.45) is 15.3. The Morgan fingerprint density at radius 3 is 2.84 bits per heavy atom. The molecule has 1 aromatic carbocycles. The minimum Gasteiger partial charge on any atom is -0.507 e. The maximum Gasteiger partial charge on any atom is 0.342 e. The molecule has 0 fully saturated rings. The summed E-state index contributed by atoms with van der Waals surface area (Å²) in [5, 5.41) is 23.4. The number of hydrogen-bond acceptors (Lipinski definition) is 5. The SMILES string of the molecule is CC/C=C\C=C/C(=O)N/C=C/C[C@@H]1C[C@H](O)[C@H](C)C/C=C/Cc2cccc(O)c2C(=O)O1. The van der Waals surface area contributed by atoms with Crippen LogP contribution in [0.25, 0.3) is 0 Å². The van der Waals surface area contributed by atoms with E-state index in [1.807, 2.05) is 32.1 Å². The van der Waals surface area contributed by atoms with Gasteiger partial charge in [0.05, 0.1) is 6.10 Å². The fraction of sp³-hybridized carbons (Fsp3) is 0.385. The highest BCUT2D eigenvalue weighted by Crippen LogP contribution is 2.26. The van der Waals surface area contributed by atoms with Crippen LogP contribution in [0.2, 0.25) is 0 Å². The van der Waals surface area contributed by atoms with E-state index in [9.17, 15) is 19.8 Å². The molecule has 0 spiro atoms.